The Bertz CT molecular complexity index is 676. The minimum atomic E-state index is -0.449. The molecule has 2 amide bonds. The molecule has 7 heteroatoms. The van der Waals surface area contributed by atoms with E-state index in [4.69, 9.17) is 0 Å². The van der Waals surface area contributed by atoms with Crippen molar-refractivity contribution < 1.29 is 14.8 Å². The largest absolute Gasteiger partial charge is 0.396 e. The summed E-state index contributed by atoms with van der Waals surface area (Å²) in [6, 6.07) is 2.70. The van der Waals surface area contributed by atoms with Crippen molar-refractivity contribution in [2.75, 3.05) is 11.9 Å². The number of fused-ring (bicyclic) bond motifs is 2. The van der Waals surface area contributed by atoms with E-state index >= 15 is 0 Å². The Hall–Kier alpha value is -2.15. The second-order valence-corrected chi connectivity index (χ2v) is 6.96. The predicted molar refractivity (Wildman–Crippen MR) is 89.9 cm³/mol. The summed E-state index contributed by atoms with van der Waals surface area (Å²) >= 11 is 0. The van der Waals surface area contributed by atoms with Gasteiger partial charge in [0.25, 0.3) is 5.69 Å². The Balaban J connectivity index is 1.74. The molecule has 0 saturated heterocycles. The molecule has 1 aromatic carbocycles. The minimum Gasteiger partial charge on any atom is -0.396 e. The molecule has 4 unspecified atom stereocenters. The van der Waals surface area contributed by atoms with Gasteiger partial charge in [0, 0.05) is 24.6 Å². The Morgan fingerprint density at radius 3 is 2.71 bits per heavy atom. The molecular weight excluding hydrogens is 310 g/mol. The van der Waals surface area contributed by atoms with Crippen LogP contribution in [0, 0.1) is 41.7 Å². The summed E-state index contributed by atoms with van der Waals surface area (Å²) in [7, 11) is 0. The highest BCUT2D eigenvalue weighted by atomic mass is 16.6. The first-order valence-corrected chi connectivity index (χ1v) is 8.35. The molecule has 0 spiro atoms. The lowest BCUT2D eigenvalue weighted by molar-refractivity contribution is -0.385. The van der Waals surface area contributed by atoms with Gasteiger partial charge in [-0.3, -0.25) is 10.1 Å². The number of nitrogens with zero attached hydrogens (tertiary/aromatic N) is 1. The fourth-order valence-corrected chi connectivity index (χ4v) is 4.43. The number of aryl methyl sites for hydroxylation is 1. The van der Waals surface area contributed by atoms with Crippen molar-refractivity contribution in [1.82, 2.24) is 5.32 Å². The first kappa shape index (κ1) is 16.7. The topological polar surface area (TPSA) is 105 Å². The molecule has 2 bridgehead atoms. The first-order chi connectivity index (χ1) is 11.4. The molecule has 2 aliphatic carbocycles. The normalized spacial score (nSPS) is 28.0. The van der Waals surface area contributed by atoms with Crippen LogP contribution in [0.25, 0.3) is 0 Å². The molecule has 2 fully saturated rings. The fourth-order valence-electron chi connectivity index (χ4n) is 4.43. The zero-order valence-electron chi connectivity index (χ0n) is 13.9. The summed E-state index contributed by atoms with van der Waals surface area (Å²) in [6.07, 6.45) is 3.27. The standard InChI is InChI=1S/C17H23N3O4/c1-9-3-6-14(20(23)24)10(2)15(9)18-17(22)19-16-12-5-4-11(7-12)13(16)8-21/h3,6,11-13,16,21H,4-5,7-8H2,1-2H3,(H2,18,19,22). The summed E-state index contributed by atoms with van der Waals surface area (Å²) in [5.41, 5.74) is 1.69. The van der Waals surface area contributed by atoms with Crippen LogP contribution in [-0.2, 0) is 0 Å². The lowest BCUT2D eigenvalue weighted by Crippen LogP contribution is -2.47. The van der Waals surface area contributed by atoms with E-state index in [0.717, 1.165) is 24.8 Å². The van der Waals surface area contributed by atoms with Gasteiger partial charge >= 0.3 is 6.03 Å². The molecule has 3 N–H and O–H groups in total. The van der Waals surface area contributed by atoms with Crippen LogP contribution in [0.15, 0.2) is 12.1 Å². The number of carbonyl (C=O) groups is 1. The number of urea groups is 1. The number of anilines is 1. The molecule has 130 valence electrons. The maximum Gasteiger partial charge on any atom is 0.319 e. The minimum absolute atomic E-state index is 0.0101. The van der Waals surface area contributed by atoms with Crippen LogP contribution < -0.4 is 10.6 Å². The van der Waals surface area contributed by atoms with Crippen molar-refractivity contribution in [2.24, 2.45) is 17.8 Å². The number of aliphatic hydroxyl groups excluding tert-OH is 1. The number of carbonyl (C=O) groups excluding carboxylic acids is 1. The first-order valence-electron chi connectivity index (χ1n) is 8.35. The SMILES string of the molecule is Cc1ccc([N+](=O)[O-])c(C)c1NC(=O)NC1C2CCC(C2)C1CO. The Morgan fingerprint density at radius 2 is 2.04 bits per heavy atom. The number of nitrogens with one attached hydrogen (secondary N) is 2. The van der Waals surface area contributed by atoms with Gasteiger partial charge in [-0.25, -0.2) is 4.79 Å². The van der Waals surface area contributed by atoms with Gasteiger partial charge in [0.2, 0.25) is 0 Å². The number of hydrogen-bond donors (Lipinski definition) is 3. The average molecular weight is 333 g/mol. The summed E-state index contributed by atoms with van der Waals surface area (Å²) < 4.78 is 0. The second-order valence-electron chi connectivity index (χ2n) is 6.96. The number of aliphatic hydroxyl groups is 1. The molecule has 0 aliphatic heterocycles. The van der Waals surface area contributed by atoms with Gasteiger partial charge in [0.15, 0.2) is 0 Å². The summed E-state index contributed by atoms with van der Waals surface area (Å²) in [6.45, 7) is 3.52. The van der Waals surface area contributed by atoms with Crippen LogP contribution in [0.2, 0.25) is 0 Å². The third kappa shape index (κ3) is 2.84. The molecule has 24 heavy (non-hydrogen) atoms. The van der Waals surface area contributed by atoms with Gasteiger partial charge in [0.05, 0.1) is 16.2 Å². The van der Waals surface area contributed by atoms with E-state index in [1.54, 1.807) is 19.9 Å². The molecule has 0 aromatic heterocycles. The van der Waals surface area contributed by atoms with Gasteiger partial charge in [-0.05, 0) is 50.5 Å². The summed E-state index contributed by atoms with van der Waals surface area (Å²) in [4.78, 5) is 23.0. The van der Waals surface area contributed by atoms with Gasteiger partial charge in [-0.2, -0.15) is 0 Å². The third-order valence-corrected chi connectivity index (χ3v) is 5.68. The molecule has 3 rings (SSSR count). The van der Waals surface area contributed by atoms with Crippen molar-refractivity contribution in [2.45, 2.75) is 39.2 Å². The van der Waals surface area contributed by atoms with E-state index in [1.165, 1.54) is 6.07 Å². The quantitative estimate of drug-likeness (QED) is 0.582. The number of nitro benzene ring substituents is 1. The Labute approximate surface area is 140 Å². The number of hydrogen-bond acceptors (Lipinski definition) is 4. The molecule has 0 radical (unpaired) electrons. The number of nitro groups is 1. The molecule has 1 aromatic rings. The van der Waals surface area contributed by atoms with Gasteiger partial charge < -0.3 is 15.7 Å². The van der Waals surface area contributed by atoms with E-state index in [2.05, 4.69) is 10.6 Å². The lowest BCUT2D eigenvalue weighted by Gasteiger charge is -2.30. The van der Waals surface area contributed by atoms with Crippen molar-refractivity contribution in [3.8, 4) is 0 Å². The molecule has 0 heterocycles. The molecule has 2 saturated carbocycles. The van der Waals surface area contributed by atoms with Gasteiger partial charge in [-0.1, -0.05) is 6.07 Å². The van der Waals surface area contributed by atoms with Gasteiger partial charge in [0.1, 0.15) is 0 Å². The third-order valence-electron chi connectivity index (χ3n) is 5.68. The van der Waals surface area contributed by atoms with Crippen LogP contribution in [0.1, 0.15) is 30.4 Å². The highest BCUT2D eigenvalue weighted by molar-refractivity contribution is 5.92. The van der Waals surface area contributed by atoms with Crippen molar-refractivity contribution in [3.05, 3.63) is 33.4 Å². The highest BCUT2D eigenvalue weighted by Crippen LogP contribution is 2.48. The van der Waals surface area contributed by atoms with Crippen LogP contribution in [0.4, 0.5) is 16.2 Å². The summed E-state index contributed by atoms with van der Waals surface area (Å²) in [5, 5.41) is 26.4. The van der Waals surface area contributed by atoms with Gasteiger partial charge in [-0.15, -0.1) is 0 Å². The van der Waals surface area contributed by atoms with E-state index in [9.17, 15) is 20.0 Å². The van der Waals surface area contributed by atoms with Crippen LogP contribution in [-0.4, -0.2) is 28.7 Å². The molecular formula is C17H23N3O4. The van der Waals surface area contributed by atoms with E-state index in [1.807, 2.05) is 0 Å². The van der Waals surface area contributed by atoms with Crippen molar-refractivity contribution in [1.29, 1.82) is 0 Å². The van der Waals surface area contributed by atoms with Crippen LogP contribution in [0.5, 0.6) is 0 Å². The number of rotatable bonds is 4. The monoisotopic (exact) mass is 333 g/mol. The molecule has 4 atom stereocenters. The van der Waals surface area contributed by atoms with Crippen molar-refractivity contribution in [3.63, 3.8) is 0 Å². The molecule has 7 nitrogen and oxygen atoms in total. The van der Waals surface area contributed by atoms with E-state index in [-0.39, 0.29) is 30.3 Å². The number of benzene rings is 1. The van der Waals surface area contributed by atoms with Crippen molar-refractivity contribution >= 4 is 17.4 Å². The maximum absolute atomic E-state index is 12.4. The van der Waals surface area contributed by atoms with Crippen LogP contribution >= 0.6 is 0 Å². The van der Waals surface area contributed by atoms with E-state index in [0.29, 0.717) is 23.1 Å². The maximum atomic E-state index is 12.4. The number of amides is 2. The second kappa shape index (κ2) is 6.39. The average Bonchev–Trinajstić information content (AvgIpc) is 3.12. The Morgan fingerprint density at radius 1 is 1.33 bits per heavy atom. The molecule has 2 aliphatic rings. The zero-order valence-corrected chi connectivity index (χ0v) is 13.9. The predicted octanol–water partition coefficient (Wildman–Crippen LogP) is 2.74. The van der Waals surface area contributed by atoms with E-state index < -0.39 is 4.92 Å². The Kier molecular flexibility index (Phi) is 4.45. The summed E-state index contributed by atoms with van der Waals surface area (Å²) in [5.74, 6) is 1.03. The fraction of sp³-hybridized carbons (Fsp3) is 0.588. The highest BCUT2D eigenvalue weighted by Gasteiger charge is 2.47. The zero-order chi connectivity index (χ0) is 17.4. The van der Waals surface area contributed by atoms with Crippen LogP contribution in [0.3, 0.4) is 0 Å². The smallest absolute Gasteiger partial charge is 0.319 e. The lowest BCUT2D eigenvalue weighted by atomic mass is 9.85.